The Labute approximate surface area is 172 Å². The third kappa shape index (κ3) is 4.49. The van der Waals surface area contributed by atoms with Gasteiger partial charge in [-0.25, -0.2) is 9.78 Å². The third-order valence-electron chi connectivity index (χ3n) is 4.01. The number of oxazole rings is 1. The zero-order valence-electron chi connectivity index (χ0n) is 15.4. The highest BCUT2D eigenvalue weighted by Gasteiger charge is 2.10. The van der Waals surface area contributed by atoms with E-state index in [0.717, 1.165) is 5.56 Å². The predicted molar refractivity (Wildman–Crippen MR) is 108 cm³/mol. The van der Waals surface area contributed by atoms with Crippen LogP contribution in [-0.2, 0) is 0 Å². The lowest BCUT2D eigenvalue weighted by atomic mass is 10.2. The average molecular weight is 434 g/mol. The van der Waals surface area contributed by atoms with Crippen molar-refractivity contribution >= 4 is 45.8 Å². The van der Waals surface area contributed by atoms with E-state index >= 15 is 0 Å². The van der Waals surface area contributed by atoms with Gasteiger partial charge in [-0.3, -0.25) is 4.98 Å². The smallest absolute Gasteiger partial charge is 0.417 e. The Hall–Kier alpha value is -3.66. The molecule has 0 radical (unpaired) electrons. The number of aryl methyl sites for hydroxylation is 1. The van der Waals surface area contributed by atoms with E-state index in [1.54, 1.807) is 24.4 Å². The number of aromatic amines is 1. The second-order valence-electron chi connectivity index (χ2n) is 6.25. The molecule has 0 atom stereocenters. The van der Waals surface area contributed by atoms with E-state index < -0.39 is 12.4 Å². The van der Waals surface area contributed by atoms with Crippen LogP contribution >= 0.6 is 11.6 Å². The summed E-state index contributed by atoms with van der Waals surface area (Å²) in [4.78, 5) is 22.5. The minimum Gasteiger partial charge on any atom is -0.435 e. The molecule has 4 rings (SSSR count). The number of alkyl halides is 2. The van der Waals surface area contributed by atoms with Crippen LogP contribution in [0.3, 0.4) is 0 Å². The molecule has 2 aromatic heterocycles. The summed E-state index contributed by atoms with van der Waals surface area (Å²) >= 11 is 5.96. The number of halogens is 3. The Morgan fingerprint density at radius 2 is 2.00 bits per heavy atom. The van der Waals surface area contributed by atoms with Crippen molar-refractivity contribution in [2.75, 3.05) is 10.6 Å². The van der Waals surface area contributed by atoms with Gasteiger partial charge in [-0.15, -0.1) is 0 Å². The fourth-order valence-corrected chi connectivity index (χ4v) is 2.96. The number of nitrogens with one attached hydrogen (secondary N) is 3. The van der Waals surface area contributed by atoms with E-state index in [-0.39, 0.29) is 16.7 Å². The first-order valence-corrected chi connectivity index (χ1v) is 8.99. The number of benzene rings is 2. The van der Waals surface area contributed by atoms with Gasteiger partial charge in [0.05, 0.1) is 5.52 Å². The summed E-state index contributed by atoms with van der Waals surface area (Å²) in [5.41, 5.74) is 2.79. The van der Waals surface area contributed by atoms with Crippen LogP contribution in [0.5, 0.6) is 5.75 Å². The molecular formula is C19H14ClF2N5O3. The number of ether oxygens (including phenoxy) is 1. The minimum atomic E-state index is -2.97. The first-order chi connectivity index (χ1) is 14.4. The van der Waals surface area contributed by atoms with Gasteiger partial charge in [0.1, 0.15) is 11.6 Å². The van der Waals surface area contributed by atoms with Gasteiger partial charge in [0.15, 0.2) is 5.58 Å². The Bertz CT molecular complexity index is 1270. The quantitative estimate of drug-likeness (QED) is 0.394. The number of fused-ring (bicyclic) bond motifs is 1. The van der Waals surface area contributed by atoms with Crippen molar-refractivity contribution in [3.63, 3.8) is 0 Å². The van der Waals surface area contributed by atoms with Crippen LogP contribution in [0.1, 0.15) is 5.56 Å². The second-order valence-corrected chi connectivity index (χ2v) is 6.69. The Balaban J connectivity index is 1.58. The van der Waals surface area contributed by atoms with Crippen molar-refractivity contribution in [1.82, 2.24) is 15.0 Å². The standard InChI is InChI=1S/C19H14ClF2N5O3/c1-9-8-23-18(25-12-4-10(20)5-13(6-12)29-17(21)22)27-16(9)24-11-2-3-15-14(7-11)26-19(28)30-15/h2-8,17H,1H3,(H,26,28)(H2,23,24,25,27). The number of hydrogen-bond acceptors (Lipinski definition) is 7. The van der Waals surface area contributed by atoms with Crippen molar-refractivity contribution in [3.8, 4) is 5.75 Å². The summed E-state index contributed by atoms with van der Waals surface area (Å²) in [7, 11) is 0. The highest BCUT2D eigenvalue weighted by molar-refractivity contribution is 6.31. The molecule has 30 heavy (non-hydrogen) atoms. The molecule has 0 spiro atoms. The van der Waals surface area contributed by atoms with Crippen molar-refractivity contribution in [2.45, 2.75) is 13.5 Å². The molecule has 0 amide bonds. The highest BCUT2D eigenvalue weighted by Crippen LogP contribution is 2.28. The van der Waals surface area contributed by atoms with Gasteiger partial charge in [0, 0.05) is 34.2 Å². The van der Waals surface area contributed by atoms with Gasteiger partial charge in [-0.1, -0.05) is 11.6 Å². The Morgan fingerprint density at radius 3 is 2.80 bits per heavy atom. The lowest BCUT2D eigenvalue weighted by Crippen LogP contribution is -2.04. The average Bonchev–Trinajstić information content (AvgIpc) is 3.02. The molecule has 3 N–H and O–H groups in total. The third-order valence-corrected chi connectivity index (χ3v) is 4.22. The van der Waals surface area contributed by atoms with Crippen LogP contribution in [0.2, 0.25) is 5.02 Å². The van der Waals surface area contributed by atoms with Gasteiger partial charge in [-0.05, 0) is 37.3 Å². The Morgan fingerprint density at radius 1 is 1.17 bits per heavy atom. The fraction of sp³-hybridized carbons (Fsp3) is 0.105. The van der Waals surface area contributed by atoms with Crippen molar-refractivity contribution in [1.29, 1.82) is 0 Å². The van der Waals surface area contributed by atoms with Crippen LogP contribution in [0.25, 0.3) is 11.1 Å². The second kappa shape index (κ2) is 7.99. The molecule has 8 nitrogen and oxygen atoms in total. The molecule has 2 aromatic carbocycles. The number of anilines is 4. The topological polar surface area (TPSA) is 105 Å². The first-order valence-electron chi connectivity index (χ1n) is 8.62. The maximum Gasteiger partial charge on any atom is 0.417 e. The van der Waals surface area contributed by atoms with Gasteiger partial charge >= 0.3 is 12.4 Å². The molecule has 11 heteroatoms. The minimum absolute atomic E-state index is 0.0899. The normalized spacial score (nSPS) is 11.1. The number of H-pyrrole nitrogens is 1. The number of aromatic nitrogens is 3. The summed E-state index contributed by atoms with van der Waals surface area (Å²) in [6, 6.07) is 9.26. The van der Waals surface area contributed by atoms with E-state index in [2.05, 4.69) is 30.3 Å². The van der Waals surface area contributed by atoms with Crippen LogP contribution < -0.4 is 21.1 Å². The first kappa shape index (κ1) is 19.6. The molecule has 0 aliphatic rings. The van der Waals surface area contributed by atoms with Gasteiger partial charge in [0.25, 0.3) is 0 Å². The van der Waals surface area contributed by atoms with Crippen LogP contribution in [-0.4, -0.2) is 21.6 Å². The Kier molecular flexibility index (Phi) is 5.23. The summed E-state index contributed by atoms with van der Waals surface area (Å²) in [6.45, 7) is -1.15. The van der Waals surface area contributed by atoms with Gasteiger partial charge in [-0.2, -0.15) is 13.8 Å². The molecule has 2 heterocycles. The van der Waals surface area contributed by atoms with Gasteiger partial charge in [0.2, 0.25) is 5.95 Å². The van der Waals surface area contributed by atoms with E-state index in [1.165, 1.54) is 18.2 Å². The lowest BCUT2D eigenvalue weighted by Gasteiger charge is -2.12. The van der Waals surface area contributed by atoms with E-state index in [9.17, 15) is 13.6 Å². The molecule has 0 bridgehead atoms. The van der Waals surface area contributed by atoms with E-state index in [0.29, 0.717) is 28.3 Å². The number of rotatable bonds is 6. The summed E-state index contributed by atoms with van der Waals surface area (Å²) in [6.07, 6.45) is 1.59. The largest absolute Gasteiger partial charge is 0.435 e. The fourth-order valence-electron chi connectivity index (χ4n) is 2.73. The zero-order valence-corrected chi connectivity index (χ0v) is 16.1. The van der Waals surface area contributed by atoms with Crippen molar-refractivity contribution < 1.29 is 17.9 Å². The zero-order chi connectivity index (χ0) is 21.3. The number of hydrogen-bond donors (Lipinski definition) is 3. The summed E-state index contributed by atoms with van der Waals surface area (Å²) in [5.74, 6) is 0.0892. The van der Waals surface area contributed by atoms with E-state index in [1.807, 2.05) is 6.92 Å². The van der Waals surface area contributed by atoms with Crippen LogP contribution in [0.15, 0.2) is 51.8 Å². The molecule has 4 aromatic rings. The number of nitrogens with zero attached hydrogens (tertiary/aromatic N) is 2. The SMILES string of the molecule is Cc1cnc(Nc2cc(Cl)cc(OC(F)F)c2)nc1Nc1ccc2oc(=O)[nH]c2c1. The highest BCUT2D eigenvalue weighted by atomic mass is 35.5. The molecule has 0 fully saturated rings. The molecular weight excluding hydrogens is 420 g/mol. The molecule has 154 valence electrons. The van der Waals surface area contributed by atoms with Gasteiger partial charge < -0.3 is 19.8 Å². The van der Waals surface area contributed by atoms with E-state index in [4.69, 9.17) is 16.0 Å². The summed E-state index contributed by atoms with van der Waals surface area (Å²) in [5, 5.41) is 6.27. The van der Waals surface area contributed by atoms with Crippen molar-refractivity contribution in [3.05, 3.63) is 63.7 Å². The maximum absolute atomic E-state index is 12.5. The maximum atomic E-state index is 12.5. The molecule has 0 aliphatic heterocycles. The predicted octanol–water partition coefficient (Wildman–Crippen LogP) is 4.96. The van der Waals surface area contributed by atoms with Crippen molar-refractivity contribution in [2.24, 2.45) is 0 Å². The lowest BCUT2D eigenvalue weighted by molar-refractivity contribution is -0.0497. The molecule has 0 unspecified atom stereocenters. The van der Waals surface area contributed by atoms with Crippen LogP contribution in [0, 0.1) is 6.92 Å². The molecule has 0 saturated carbocycles. The monoisotopic (exact) mass is 433 g/mol. The van der Waals surface area contributed by atoms with Crippen LogP contribution in [0.4, 0.5) is 31.9 Å². The summed E-state index contributed by atoms with van der Waals surface area (Å²) < 4.78 is 34.3. The molecule has 0 saturated heterocycles. The molecule has 0 aliphatic carbocycles.